The van der Waals surface area contributed by atoms with E-state index in [1.54, 1.807) is 24.1 Å². The molecular weight excluding hydrogens is 271 g/mol. The number of benzene rings is 1. The van der Waals surface area contributed by atoms with Crippen LogP contribution in [0.3, 0.4) is 0 Å². The highest BCUT2D eigenvalue weighted by molar-refractivity contribution is 5.81. The Morgan fingerprint density at radius 1 is 1.33 bits per heavy atom. The number of hydrogen-bond acceptors (Lipinski definition) is 3. The number of amides is 1. The lowest BCUT2D eigenvalue weighted by molar-refractivity contribution is -0.132. The van der Waals surface area contributed by atoms with E-state index in [4.69, 9.17) is 4.74 Å². The van der Waals surface area contributed by atoms with Crippen molar-refractivity contribution in [2.45, 2.75) is 31.7 Å². The van der Waals surface area contributed by atoms with E-state index in [1.165, 1.54) is 18.6 Å². The van der Waals surface area contributed by atoms with Gasteiger partial charge in [-0.3, -0.25) is 4.79 Å². The first kappa shape index (κ1) is 15.8. The van der Waals surface area contributed by atoms with Gasteiger partial charge in [0.2, 0.25) is 5.91 Å². The second-order valence-electron chi connectivity index (χ2n) is 5.42. The molecule has 0 saturated carbocycles. The molecule has 1 atom stereocenters. The average molecular weight is 294 g/mol. The smallest absolute Gasteiger partial charge is 0.239 e. The maximum atomic E-state index is 12.8. The SMILES string of the molecule is CN(CCOc1ccc(F)cc1)C(=O)C1CCCCCN1. The summed E-state index contributed by atoms with van der Waals surface area (Å²) < 4.78 is 18.3. The van der Waals surface area contributed by atoms with Crippen LogP contribution in [0.4, 0.5) is 4.39 Å². The number of carbonyl (C=O) groups is 1. The first-order valence-electron chi connectivity index (χ1n) is 7.53. The Morgan fingerprint density at radius 2 is 2.10 bits per heavy atom. The Kier molecular flexibility index (Phi) is 5.99. The molecule has 116 valence electrons. The minimum absolute atomic E-state index is 0.0664. The Balaban J connectivity index is 1.74. The van der Waals surface area contributed by atoms with E-state index in [0.29, 0.717) is 18.9 Å². The summed E-state index contributed by atoms with van der Waals surface area (Å²) in [6.07, 6.45) is 4.33. The van der Waals surface area contributed by atoms with Gasteiger partial charge in [-0.1, -0.05) is 12.8 Å². The molecule has 1 aliphatic heterocycles. The first-order valence-corrected chi connectivity index (χ1v) is 7.53. The van der Waals surface area contributed by atoms with Crippen LogP contribution < -0.4 is 10.1 Å². The van der Waals surface area contributed by atoms with Crippen molar-refractivity contribution in [1.29, 1.82) is 0 Å². The Bertz CT molecular complexity index is 442. The highest BCUT2D eigenvalue weighted by atomic mass is 19.1. The molecule has 0 aromatic heterocycles. The van der Waals surface area contributed by atoms with Gasteiger partial charge in [-0.05, 0) is 43.7 Å². The molecule has 5 heteroatoms. The average Bonchev–Trinajstić information content (AvgIpc) is 2.77. The minimum Gasteiger partial charge on any atom is -0.492 e. The van der Waals surface area contributed by atoms with Crippen LogP contribution in [-0.2, 0) is 4.79 Å². The third kappa shape index (κ3) is 5.01. The standard InChI is InChI=1S/C16H23FN2O2/c1-19(16(20)15-5-3-2-4-10-18-15)11-12-21-14-8-6-13(17)7-9-14/h6-9,15,18H,2-5,10-12H2,1H3. The molecule has 0 bridgehead atoms. The molecule has 1 aromatic carbocycles. The fourth-order valence-corrected chi connectivity index (χ4v) is 2.45. The summed E-state index contributed by atoms with van der Waals surface area (Å²) in [7, 11) is 1.79. The van der Waals surface area contributed by atoms with Gasteiger partial charge in [0.15, 0.2) is 0 Å². The third-order valence-electron chi connectivity index (χ3n) is 3.74. The molecule has 1 saturated heterocycles. The monoisotopic (exact) mass is 294 g/mol. The van der Waals surface area contributed by atoms with Crippen LogP contribution in [0, 0.1) is 5.82 Å². The normalized spacial score (nSPS) is 18.9. The predicted octanol–water partition coefficient (Wildman–Crippen LogP) is 2.20. The zero-order valence-corrected chi connectivity index (χ0v) is 12.5. The maximum absolute atomic E-state index is 12.8. The van der Waals surface area contributed by atoms with Gasteiger partial charge >= 0.3 is 0 Å². The van der Waals surface area contributed by atoms with E-state index >= 15 is 0 Å². The number of nitrogens with one attached hydrogen (secondary N) is 1. The highest BCUT2D eigenvalue weighted by Crippen LogP contribution is 2.12. The van der Waals surface area contributed by atoms with Crippen LogP contribution in [0.1, 0.15) is 25.7 Å². The molecule has 0 spiro atoms. The summed E-state index contributed by atoms with van der Waals surface area (Å²) >= 11 is 0. The number of likely N-dealkylation sites (N-methyl/N-ethyl adjacent to an activating group) is 1. The summed E-state index contributed by atoms with van der Waals surface area (Å²) in [5.41, 5.74) is 0. The fourth-order valence-electron chi connectivity index (χ4n) is 2.45. The zero-order chi connectivity index (χ0) is 15.1. The van der Waals surface area contributed by atoms with Crippen molar-refractivity contribution >= 4 is 5.91 Å². The molecule has 1 amide bonds. The van der Waals surface area contributed by atoms with Crippen molar-refractivity contribution in [1.82, 2.24) is 10.2 Å². The number of halogens is 1. The molecule has 1 unspecified atom stereocenters. The number of ether oxygens (including phenoxy) is 1. The summed E-state index contributed by atoms with van der Waals surface area (Å²) in [6, 6.07) is 5.83. The van der Waals surface area contributed by atoms with E-state index in [-0.39, 0.29) is 17.8 Å². The molecule has 1 N–H and O–H groups in total. The molecule has 1 aromatic rings. The minimum atomic E-state index is -0.283. The van der Waals surface area contributed by atoms with Crippen molar-refractivity contribution < 1.29 is 13.9 Å². The lowest BCUT2D eigenvalue weighted by atomic mass is 10.1. The lowest BCUT2D eigenvalue weighted by Crippen LogP contribution is -2.45. The van der Waals surface area contributed by atoms with E-state index in [9.17, 15) is 9.18 Å². The summed E-state index contributed by atoms with van der Waals surface area (Å²) in [5, 5.41) is 3.30. The molecule has 4 nitrogen and oxygen atoms in total. The van der Waals surface area contributed by atoms with Crippen molar-refractivity contribution in [2.75, 3.05) is 26.7 Å². The molecule has 2 rings (SSSR count). The van der Waals surface area contributed by atoms with E-state index < -0.39 is 0 Å². The molecule has 1 aliphatic rings. The van der Waals surface area contributed by atoms with Gasteiger partial charge in [-0.2, -0.15) is 0 Å². The number of hydrogen-bond donors (Lipinski definition) is 1. The van der Waals surface area contributed by atoms with Crippen molar-refractivity contribution in [3.05, 3.63) is 30.1 Å². The first-order chi connectivity index (χ1) is 10.2. The predicted molar refractivity (Wildman–Crippen MR) is 79.8 cm³/mol. The lowest BCUT2D eigenvalue weighted by Gasteiger charge is -2.23. The molecule has 0 aliphatic carbocycles. The largest absolute Gasteiger partial charge is 0.492 e. The molecular formula is C16H23FN2O2. The van der Waals surface area contributed by atoms with Crippen molar-refractivity contribution in [2.24, 2.45) is 0 Å². The fraction of sp³-hybridized carbons (Fsp3) is 0.562. The Labute approximate surface area is 125 Å². The van der Waals surface area contributed by atoms with Crippen molar-refractivity contribution in [3.8, 4) is 5.75 Å². The van der Waals surface area contributed by atoms with Crippen LogP contribution in [0.15, 0.2) is 24.3 Å². The summed E-state index contributed by atoms with van der Waals surface area (Å²) in [4.78, 5) is 14.0. The highest BCUT2D eigenvalue weighted by Gasteiger charge is 2.22. The zero-order valence-electron chi connectivity index (χ0n) is 12.5. The van der Waals surface area contributed by atoms with Crippen molar-refractivity contribution in [3.63, 3.8) is 0 Å². The van der Waals surface area contributed by atoms with Gasteiger partial charge in [0.05, 0.1) is 12.6 Å². The molecule has 0 radical (unpaired) electrons. The van der Waals surface area contributed by atoms with Crippen LogP contribution >= 0.6 is 0 Å². The van der Waals surface area contributed by atoms with Crippen LogP contribution in [0.2, 0.25) is 0 Å². The van der Waals surface area contributed by atoms with Crippen LogP contribution in [0.25, 0.3) is 0 Å². The summed E-state index contributed by atoms with van der Waals surface area (Å²) in [6.45, 7) is 1.84. The number of rotatable bonds is 5. The molecule has 21 heavy (non-hydrogen) atoms. The van der Waals surface area contributed by atoms with E-state index in [1.807, 2.05) is 0 Å². The van der Waals surface area contributed by atoms with Crippen LogP contribution in [-0.4, -0.2) is 43.6 Å². The Morgan fingerprint density at radius 3 is 2.86 bits per heavy atom. The quantitative estimate of drug-likeness (QED) is 0.905. The van der Waals surface area contributed by atoms with E-state index in [2.05, 4.69) is 5.32 Å². The van der Waals surface area contributed by atoms with Gasteiger partial charge in [0.1, 0.15) is 18.2 Å². The molecule has 1 fully saturated rings. The number of carbonyl (C=O) groups excluding carboxylic acids is 1. The van der Waals surface area contributed by atoms with Gasteiger partial charge < -0.3 is 15.0 Å². The third-order valence-corrected chi connectivity index (χ3v) is 3.74. The molecule has 1 heterocycles. The Hall–Kier alpha value is -1.62. The topological polar surface area (TPSA) is 41.6 Å². The number of nitrogens with zero attached hydrogens (tertiary/aromatic N) is 1. The van der Waals surface area contributed by atoms with Crippen LogP contribution in [0.5, 0.6) is 5.75 Å². The van der Waals surface area contributed by atoms with Gasteiger partial charge in [0, 0.05) is 7.05 Å². The van der Waals surface area contributed by atoms with Gasteiger partial charge in [-0.15, -0.1) is 0 Å². The second-order valence-corrected chi connectivity index (χ2v) is 5.42. The van der Waals surface area contributed by atoms with Gasteiger partial charge in [-0.25, -0.2) is 4.39 Å². The second kappa shape index (κ2) is 7.98. The summed E-state index contributed by atoms with van der Waals surface area (Å²) in [5.74, 6) is 0.457. The van der Waals surface area contributed by atoms with E-state index in [0.717, 1.165) is 25.8 Å². The van der Waals surface area contributed by atoms with Gasteiger partial charge in [0.25, 0.3) is 0 Å². The maximum Gasteiger partial charge on any atom is 0.239 e.